The first-order chi connectivity index (χ1) is 9.25. The van der Waals surface area contributed by atoms with Crippen LogP contribution in [0.1, 0.15) is 31.7 Å². The molecule has 0 heterocycles. The third-order valence-electron chi connectivity index (χ3n) is 3.49. The lowest BCUT2D eigenvalue weighted by Gasteiger charge is -2.14. The smallest absolute Gasteiger partial charge is 0.126 e. The van der Waals surface area contributed by atoms with Gasteiger partial charge in [0.15, 0.2) is 0 Å². The number of hydrogen-bond acceptors (Lipinski definition) is 2. The fourth-order valence-corrected chi connectivity index (χ4v) is 2.12. The summed E-state index contributed by atoms with van der Waals surface area (Å²) in [7, 11) is 0. The molecular weight excluding hydrogens is 241 g/mol. The quantitative estimate of drug-likeness (QED) is 0.692. The van der Waals surface area contributed by atoms with Crippen molar-refractivity contribution in [3.63, 3.8) is 0 Å². The van der Waals surface area contributed by atoms with Crippen LogP contribution in [0.4, 0.5) is 4.39 Å². The van der Waals surface area contributed by atoms with E-state index in [0.717, 1.165) is 44.1 Å². The Balaban J connectivity index is 1.53. The van der Waals surface area contributed by atoms with Gasteiger partial charge in [-0.25, -0.2) is 4.39 Å². The average Bonchev–Trinajstić information content (AvgIpc) is 3.20. The van der Waals surface area contributed by atoms with E-state index in [4.69, 9.17) is 4.74 Å². The van der Waals surface area contributed by atoms with Crippen LogP contribution in [-0.2, 0) is 11.2 Å². The van der Waals surface area contributed by atoms with Crippen LogP contribution in [0.15, 0.2) is 24.3 Å². The van der Waals surface area contributed by atoms with E-state index in [-0.39, 0.29) is 5.82 Å². The summed E-state index contributed by atoms with van der Waals surface area (Å²) in [4.78, 5) is 0. The molecule has 3 heteroatoms. The molecule has 0 amide bonds. The molecule has 1 aromatic rings. The first-order valence-corrected chi connectivity index (χ1v) is 7.30. The van der Waals surface area contributed by atoms with E-state index in [2.05, 4.69) is 12.2 Å². The van der Waals surface area contributed by atoms with Crippen molar-refractivity contribution in [3.8, 4) is 0 Å². The summed E-state index contributed by atoms with van der Waals surface area (Å²) >= 11 is 0. The van der Waals surface area contributed by atoms with Gasteiger partial charge < -0.3 is 10.1 Å². The Morgan fingerprint density at radius 3 is 2.89 bits per heavy atom. The van der Waals surface area contributed by atoms with Gasteiger partial charge in [-0.05, 0) is 56.7 Å². The van der Waals surface area contributed by atoms with Crippen LogP contribution in [0, 0.1) is 11.7 Å². The summed E-state index contributed by atoms with van der Waals surface area (Å²) in [6, 6.07) is 7.28. The van der Waals surface area contributed by atoms with Crippen LogP contribution in [0.25, 0.3) is 0 Å². The van der Waals surface area contributed by atoms with Crippen LogP contribution >= 0.6 is 0 Å². The third-order valence-corrected chi connectivity index (χ3v) is 3.49. The third kappa shape index (κ3) is 5.70. The lowest BCUT2D eigenvalue weighted by molar-refractivity contribution is 0.121. The lowest BCUT2D eigenvalue weighted by atomic mass is 10.1. The minimum Gasteiger partial charge on any atom is -0.381 e. The molecule has 1 fully saturated rings. The zero-order valence-corrected chi connectivity index (χ0v) is 11.7. The van der Waals surface area contributed by atoms with Gasteiger partial charge in [0.25, 0.3) is 0 Å². The monoisotopic (exact) mass is 265 g/mol. The first-order valence-electron chi connectivity index (χ1n) is 7.30. The van der Waals surface area contributed by atoms with E-state index in [1.807, 2.05) is 12.1 Å². The van der Waals surface area contributed by atoms with E-state index < -0.39 is 0 Å². The number of halogens is 1. The maximum Gasteiger partial charge on any atom is 0.126 e. The standard InChI is InChI=1S/C16H24FNO/c1-13(11-15-5-2-3-6-16(15)17)18-9-4-10-19-12-14-7-8-14/h2-3,5-6,13-14,18H,4,7-12H2,1H3. The molecule has 0 bridgehead atoms. The van der Waals surface area contributed by atoms with E-state index in [1.165, 1.54) is 18.9 Å². The van der Waals surface area contributed by atoms with Crippen LogP contribution in [0.2, 0.25) is 0 Å². The van der Waals surface area contributed by atoms with E-state index >= 15 is 0 Å². The van der Waals surface area contributed by atoms with Gasteiger partial charge in [-0.15, -0.1) is 0 Å². The normalized spacial score (nSPS) is 16.5. The van der Waals surface area contributed by atoms with Gasteiger partial charge in [0.1, 0.15) is 5.82 Å². The Bertz CT molecular complexity index is 379. The van der Waals surface area contributed by atoms with Crippen molar-refractivity contribution < 1.29 is 9.13 Å². The van der Waals surface area contributed by atoms with Gasteiger partial charge in [0.2, 0.25) is 0 Å². The molecule has 0 aliphatic heterocycles. The zero-order chi connectivity index (χ0) is 13.5. The summed E-state index contributed by atoms with van der Waals surface area (Å²) in [6.07, 6.45) is 4.44. The van der Waals surface area contributed by atoms with E-state index in [1.54, 1.807) is 6.07 Å². The minimum atomic E-state index is -0.107. The average molecular weight is 265 g/mol. The maximum atomic E-state index is 13.5. The summed E-state index contributed by atoms with van der Waals surface area (Å²) < 4.78 is 19.0. The van der Waals surface area contributed by atoms with Gasteiger partial charge in [-0.2, -0.15) is 0 Å². The molecular formula is C16H24FNO. The number of rotatable bonds is 9. The predicted molar refractivity (Wildman–Crippen MR) is 75.7 cm³/mol. The lowest BCUT2D eigenvalue weighted by Crippen LogP contribution is -2.29. The molecule has 1 aliphatic rings. The Kier molecular flexibility index (Phi) is 5.80. The molecule has 1 N–H and O–H groups in total. The van der Waals surface area contributed by atoms with Gasteiger partial charge in [-0.1, -0.05) is 18.2 Å². The first kappa shape index (κ1) is 14.5. The predicted octanol–water partition coefficient (Wildman–Crippen LogP) is 3.16. The van der Waals surface area contributed by atoms with Crippen molar-refractivity contribution in [1.29, 1.82) is 0 Å². The highest BCUT2D eigenvalue weighted by atomic mass is 19.1. The molecule has 1 aliphatic carbocycles. The Morgan fingerprint density at radius 1 is 1.37 bits per heavy atom. The van der Waals surface area contributed by atoms with Crippen LogP contribution in [-0.4, -0.2) is 25.8 Å². The van der Waals surface area contributed by atoms with Crippen molar-refractivity contribution >= 4 is 0 Å². The molecule has 0 radical (unpaired) electrons. The molecule has 1 unspecified atom stereocenters. The molecule has 2 nitrogen and oxygen atoms in total. The fourth-order valence-electron chi connectivity index (χ4n) is 2.12. The number of nitrogens with one attached hydrogen (secondary N) is 1. The topological polar surface area (TPSA) is 21.3 Å². The molecule has 0 aromatic heterocycles. The van der Waals surface area contributed by atoms with E-state index in [9.17, 15) is 4.39 Å². The highest BCUT2D eigenvalue weighted by Gasteiger charge is 2.20. The number of benzene rings is 1. The van der Waals surface area contributed by atoms with Crippen molar-refractivity contribution in [2.24, 2.45) is 5.92 Å². The Labute approximate surface area is 115 Å². The number of hydrogen-bond donors (Lipinski definition) is 1. The van der Waals surface area contributed by atoms with Crippen molar-refractivity contribution in [1.82, 2.24) is 5.32 Å². The van der Waals surface area contributed by atoms with E-state index in [0.29, 0.717) is 6.04 Å². The summed E-state index contributed by atoms with van der Waals surface area (Å²) in [5.41, 5.74) is 0.785. The summed E-state index contributed by atoms with van der Waals surface area (Å²) in [6.45, 7) is 4.79. The second kappa shape index (κ2) is 7.61. The molecule has 0 saturated heterocycles. The fraction of sp³-hybridized carbons (Fsp3) is 0.625. The van der Waals surface area contributed by atoms with Gasteiger partial charge in [0, 0.05) is 19.3 Å². The molecule has 2 rings (SSSR count). The zero-order valence-electron chi connectivity index (χ0n) is 11.7. The van der Waals surface area contributed by atoms with Crippen LogP contribution in [0.5, 0.6) is 0 Å². The largest absolute Gasteiger partial charge is 0.381 e. The Hall–Kier alpha value is -0.930. The van der Waals surface area contributed by atoms with Crippen molar-refractivity contribution in [3.05, 3.63) is 35.6 Å². The highest BCUT2D eigenvalue weighted by Crippen LogP contribution is 2.28. The second-order valence-corrected chi connectivity index (χ2v) is 5.52. The van der Waals surface area contributed by atoms with Crippen molar-refractivity contribution in [2.75, 3.05) is 19.8 Å². The minimum absolute atomic E-state index is 0.107. The van der Waals surface area contributed by atoms with Gasteiger partial charge in [0.05, 0.1) is 0 Å². The Morgan fingerprint density at radius 2 is 2.16 bits per heavy atom. The summed E-state index contributed by atoms with van der Waals surface area (Å²) in [5, 5.41) is 3.42. The molecule has 19 heavy (non-hydrogen) atoms. The number of ether oxygens (including phenoxy) is 1. The molecule has 1 atom stereocenters. The molecule has 1 saturated carbocycles. The van der Waals surface area contributed by atoms with Crippen LogP contribution < -0.4 is 5.32 Å². The van der Waals surface area contributed by atoms with Gasteiger partial charge in [-0.3, -0.25) is 0 Å². The maximum absolute atomic E-state index is 13.5. The second-order valence-electron chi connectivity index (χ2n) is 5.52. The summed E-state index contributed by atoms with van der Waals surface area (Å²) in [5.74, 6) is 0.733. The molecule has 1 aromatic carbocycles. The SMILES string of the molecule is CC(Cc1ccccc1F)NCCCOCC1CC1. The molecule has 0 spiro atoms. The van der Waals surface area contributed by atoms with Gasteiger partial charge >= 0.3 is 0 Å². The van der Waals surface area contributed by atoms with Crippen LogP contribution in [0.3, 0.4) is 0 Å². The molecule has 106 valence electrons. The highest BCUT2D eigenvalue weighted by molar-refractivity contribution is 5.18. The van der Waals surface area contributed by atoms with Crippen molar-refractivity contribution in [2.45, 2.75) is 38.6 Å².